The fourth-order valence-electron chi connectivity index (χ4n) is 2.80. The van der Waals surface area contributed by atoms with Gasteiger partial charge in [0, 0.05) is 18.1 Å². The lowest BCUT2D eigenvalue weighted by Gasteiger charge is -2.10. The number of nitrogens with one attached hydrogen (secondary N) is 1. The molecule has 28 heavy (non-hydrogen) atoms. The molecule has 2 aromatic heterocycles. The molecule has 0 bridgehead atoms. The summed E-state index contributed by atoms with van der Waals surface area (Å²) in [4.78, 5) is 18.2. The second-order valence-electron chi connectivity index (χ2n) is 6.54. The predicted octanol–water partition coefficient (Wildman–Crippen LogP) is 2.54. The number of methoxy groups -OCH3 is 1. The van der Waals surface area contributed by atoms with Gasteiger partial charge in [0.05, 0.1) is 49.8 Å². The van der Waals surface area contributed by atoms with Gasteiger partial charge in [-0.1, -0.05) is 12.1 Å². The topological polar surface area (TPSA) is 81.5 Å². The number of rotatable bonds is 9. The molecule has 0 unspecified atom stereocenters. The minimum atomic E-state index is -0.428. The molecular formula is C20H25N5O3. The highest BCUT2D eigenvalue weighted by molar-refractivity contribution is 5.98. The van der Waals surface area contributed by atoms with Gasteiger partial charge in [0.1, 0.15) is 0 Å². The summed E-state index contributed by atoms with van der Waals surface area (Å²) in [5.74, 6) is 0.227. The molecule has 8 heteroatoms. The summed E-state index contributed by atoms with van der Waals surface area (Å²) in [5.41, 5.74) is 1.94. The van der Waals surface area contributed by atoms with E-state index in [9.17, 15) is 4.79 Å². The van der Waals surface area contributed by atoms with Gasteiger partial charge in [-0.25, -0.2) is 4.79 Å². The normalized spacial score (nSPS) is 11.1. The molecule has 3 rings (SSSR count). The van der Waals surface area contributed by atoms with E-state index in [1.807, 2.05) is 43.0 Å². The second-order valence-corrected chi connectivity index (χ2v) is 6.54. The van der Waals surface area contributed by atoms with Crippen LogP contribution in [0.3, 0.4) is 0 Å². The summed E-state index contributed by atoms with van der Waals surface area (Å²) < 4.78 is 12.4. The molecule has 0 saturated carbocycles. The molecule has 148 valence electrons. The van der Waals surface area contributed by atoms with Crippen molar-refractivity contribution in [1.82, 2.24) is 19.7 Å². The number of pyridine rings is 1. The van der Waals surface area contributed by atoms with Gasteiger partial charge in [-0.05, 0) is 32.3 Å². The van der Waals surface area contributed by atoms with Crippen molar-refractivity contribution in [2.45, 2.75) is 6.54 Å². The maximum absolute atomic E-state index is 12.0. The van der Waals surface area contributed by atoms with E-state index < -0.39 is 5.97 Å². The number of para-hydroxylation sites is 1. The number of esters is 1. The third-order valence-electron chi connectivity index (χ3n) is 4.27. The van der Waals surface area contributed by atoms with E-state index >= 15 is 0 Å². The van der Waals surface area contributed by atoms with Crippen LogP contribution >= 0.6 is 0 Å². The van der Waals surface area contributed by atoms with Crippen molar-refractivity contribution in [3.05, 3.63) is 48.3 Å². The summed E-state index contributed by atoms with van der Waals surface area (Å²) >= 11 is 0. The number of carbonyl (C=O) groups excluding carboxylic acids is 1. The van der Waals surface area contributed by atoms with Gasteiger partial charge >= 0.3 is 5.97 Å². The molecule has 0 aliphatic heterocycles. The number of anilines is 2. The van der Waals surface area contributed by atoms with Crippen LogP contribution in [-0.2, 0) is 16.0 Å². The summed E-state index contributed by atoms with van der Waals surface area (Å²) in [6, 6.07) is 9.55. The summed E-state index contributed by atoms with van der Waals surface area (Å²) in [6.45, 7) is 2.76. The van der Waals surface area contributed by atoms with Crippen LogP contribution in [0.4, 0.5) is 11.5 Å². The molecule has 1 N–H and O–H groups in total. The fraction of sp³-hybridized carbons (Fsp3) is 0.350. The Hall–Kier alpha value is -2.97. The minimum Gasteiger partial charge on any atom is -0.465 e. The number of carbonyl (C=O) groups is 1. The Morgan fingerprint density at radius 1 is 1.21 bits per heavy atom. The highest BCUT2D eigenvalue weighted by atomic mass is 16.5. The van der Waals surface area contributed by atoms with Crippen LogP contribution in [0.2, 0.25) is 0 Å². The van der Waals surface area contributed by atoms with Crippen LogP contribution in [0.25, 0.3) is 10.9 Å². The van der Waals surface area contributed by atoms with Gasteiger partial charge in [-0.2, -0.15) is 5.10 Å². The average molecular weight is 383 g/mol. The SMILES string of the molecule is COC(=O)c1ccncc1Nc1nn(CCOCCN(C)C)c2ccccc12. The van der Waals surface area contributed by atoms with Crippen LogP contribution in [0.5, 0.6) is 0 Å². The lowest BCUT2D eigenvalue weighted by molar-refractivity contribution is 0.0601. The molecule has 0 saturated heterocycles. The van der Waals surface area contributed by atoms with Gasteiger partial charge in [-0.3, -0.25) is 9.67 Å². The van der Waals surface area contributed by atoms with E-state index in [2.05, 4.69) is 20.3 Å². The van der Waals surface area contributed by atoms with Crippen molar-refractivity contribution >= 4 is 28.4 Å². The van der Waals surface area contributed by atoms with E-state index in [1.54, 1.807) is 18.5 Å². The molecule has 0 spiro atoms. The van der Waals surface area contributed by atoms with E-state index in [-0.39, 0.29) is 0 Å². The first-order chi connectivity index (χ1) is 13.6. The molecule has 0 fully saturated rings. The van der Waals surface area contributed by atoms with E-state index in [0.29, 0.717) is 36.8 Å². The number of ether oxygens (including phenoxy) is 2. The second kappa shape index (κ2) is 9.29. The average Bonchev–Trinajstić information content (AvgIpc) is 3.05. The van der Waals surface area contributed by atoms with E-state index in [1.165, 1.54) is 7.11 Å². The van der Waals surface area contributed by atoms with Crippen molar-refractivity contribution < 1.29 is 14.3 Å². The number of likely N-dealkylation sites (N-methyl/N-ethyl adjacent to an activating group) is 1. The van der Waals surface area contributed by atoms with E-state index in [4.69, 9.17) is 9.47 Å². The number of nitrogens with zero attached hydrogens (tertiary/aromatic N) is 4. The molecule has 0 atom stereocenters. The molecule has 2 heterocycles. The van der Waals surface area contributed by atoms with Crippen molar-refractivity contribution in [2.75, 3.05) is 46.3 Å². The van der Waals surface area contributed by atoms with Crippen LogP contribution in [0.1, 0.15) is 10.4 Å². The largest absolute Gasteiger partial charge is 0.465 e. The fourth-order valence-corrected chi connectivity index (χ4v) is 2.80. The zero-order valence-corrected chi connectivity index (χ0v) is 16.4. The standard InChI is InChI=1S/C20H25N5O3/c1-24(2)10-12-28-13-11-25-18-7-5-4-6-16(18)19(23-25)22-17-14-21-9-8-15(17)20(26)27-3/h4-9,14H,10-13H2,1-3H3,(H,22,23). The lowest BCUT2D eigenvalue weighted by Crippen LogP contribution is -2.19. The van der Waals surface area contributed by atoms with Crippen molar-refractivity contribution in [3.63, 3.8) is 0 Å². The van der Waals surface area contributed by atoms with E-state index in [0.717, 1.165) is 17.4 Å². The van der Waals surface area contributed by atoms with Gasteiger partial charge in [0.15, 0.2) is 5.82 Å². The summed E-state index contributed by atoms with van der Waals surface area (Å²) in [5, 5.41) is 8.86. The predicted molar refractivity (Wildman–Crippen MR) is 108 cm³/mol. The van der Waals surface area contributed by atoms with Gasteiger partial charge in [-0.15, -0.1) is 0 Å². The molecule has 8 nitrogen and oxygen atoms in total. The summed E-state index contributed by atoms with van der Waals surface area (Å²) in [7, 11) is 5.39. The number of hydrogen-bond acceptors (Lipinski definition) is 7. The first-order valence-electron chi connectivity index (χ1n) is 9.07. The zero-order valence-electron chi connectivity index (χ0n) is 16.4. The Bertz CT molecular complexity index is 938. The van der Waals surface area contributed by atoms with Crippen molar-refractivity contribution in [2.24, 2.45) is 0 Å². The highest BCUT2D eigenvalue weighted by Gasteiger charge is 2.15. The molecule has 3 aromatic rings. The molecule has 1 aromatic carbocycles. The van der Waals surface area contributed by atoms with Crippen LogP contribution < -0.4 is 5.32 Å². The zero-order chi connectivity index (χ0) is 19.9. The Balaban J connectivity index is 1.80. The first kappa shape index (κ1) is 19.8. The highest BCUT2D eigenvalue weighted by Crippen LogP contribution is 2.27. The third-order valence-corrected chi connectivity index (χ3v) is 4.27. The number of benzene rings is 1. The van der Waals surface area contributed by atoms with Crippen molar-refractivity contribution in [1.29, 1.82) is 0 Å². The first-order valence-corrected chi connectivity index (χ1v) is 9.07. The van der Waals surface area contributed by atoms with Crippen LogP contribution in [0, 0.1) is 0 Å². The molecule has 0 aliphatic rings. The maximum Gasteiger partial charge on any atom is 0.340 e. The Kier molecular flexibility index (Phi) is 6.57. The Morgan fingerprint density at radius 3 is 2.82 bits per heavy atom. The summed E-state index contributed by atoms with van der Waals surface area (Å²) in [6.07, 6.45) is 3.14. The van der Waals surface area contributed by atoms with Crippen LogP contribution in [0.15, 0.2) is 42.7 Å². The third kappa shape index (κ3) is 4.65. The van der Waals surface area contributed by atoms with Gasteiger partial charge in [0.25, 0.3) is 0 Å². The molecule has 0 amide bonds. The van der Waals surface area contributed by atoms with Crippen LogP contribution in [-0.4, -0.2) is 66.6 Å². The lowest BCUT2D eigenvalue weighted by atomic mass is 10.2. The number of hydrogen-bond donors (Lipinski definition) is 1. The Morgan fingerprint density at radius 2 is 2.04 bits per heavy atom. The molecular weight excluding hydrogens is 358 g/mol. The van der Waals surface area contributed by atoms with Crippen molar-refractivity contribution in [3.8, 4) is 0 Å². The molecule has 0 radical (unpaired) electrons. The van der Waals surface area contributed by atoms with Gasteiger partial charge < -0.3 is 19.7 Å². The quantitative estimate of drug-likeness (QED) is 0.449. The molecule has 0 aliphatic carbocycles. The monoisotopic (exact) mass is 383 g/mol. The minimum absolute atomic E-state index is 0.406. The van der Waals surface area contributed by atoms with Gasteiger partial charge in [0.2, 0.25) is 0 Å². The maximum atomic E-state index is 12.0. The Labute approximate surface area is 164 Å². The smallest absolute Gasteiger partial charge is 0.340 e. The number of aromatic nitrogens is 3. The number of fused-ring (bicyclic) bond motifs is 1.